The zero-order valence-electron chi connectivity index (χ0n) is 16.5. The second kappa shape index (κ2) is 8.77. The fourth-order valence-electron chi connectivity index (χ4n) is 3.69. The molecular formula is C22H23N5O3. The largest absolute Gasteiger partial charge is 0.379 e. The molecule has 0 radical (unpaired) electrons. The molecule has 1 amide bonds. The minimum Gasteiger partial charge on any atom is -0.379 e. The minimum absolute atomic E-state index is 0.00493. The SMILES string of the molecule is O=C(CCNc1ccccc1[N+](=O)[O-])Nc1ccc(-c2ncc3n2CCCC3)cc1. The summed E-state index contributed by atoms with van der Waals surface area (Å²) in [6, 6.07) is 14.0. The molecule has 2 aromatic carbocycles. The van der Waals surface area contributed by atoms with Crippen LogP contribution in [0.3, 0.4) is 0 Å². The van der Waals surface area contributed by atoms with Crippen molar-refractivity contribution in [1.29, 1.82) is 0 Å². The minimum atomic E-state index is -0.443. The second-order valence-corrected chi connectivity index (χ2v) is 7.26. The number of nitro benzene ring substituents is 1. The molecule has 1 aliphatic heterocycles. The third-order valence-corrected chi connectivity index (χ3v) is 5.20. The molecule has 0 atom stereocenters. The molecule has 0 fully saturated rings. The van der Waals surface area contributed by atoms with Crippen LogP contribution in [-0.4, -0.2) is 26.9 Å². The number of nitro groups is 1. The number of hydrogen-bond acceptors (Lipinski definition) is 5. The van der Waals surface area contributed by atoms with Gasteiger partial charge in [-0.3, -0.25) is 14.9 Å². The van der Waals surface area contributed by atoms with Crippen LogP contribution in [0.2, 0.25) is 0 Å². The topological polar surface area (TPSA) is 102 Å². The first kappa shape index (κ1) is 19.6. The molecule has 0 bridgehead atoms. The highest BCUT2D eigenvalue weighted by atomic mass is 16.6. The molecule has 8 heteroatoms. The smallest absolute Gasteiger partial charge is 0.292 e. The molecule has 4 rings (SSSR count). The van der Waals surface area contributed by atoms with Gasteiger partial charge in [0.1, 0.15) is 11.5 Å². The molecule has 0 spiro atoms. The van der Waals surface area contributed by atoms with Crippen molar-refractivity contribution in [2.24, 2.45) is 0 Å². The molecule has 8 nitrogen and oxygen atoms in total. The number of amides is 1. The maximum absolute atomic E-state index is 12.2. The van der Waals surface area contributed by atoms with Gasteiger partial charge in [0, 0.05) is 48.7 Å². The number of aryl methyl sites for hydroxylation is 1. The van der Waals surface area contributed by atoms with E-state index in [0.717, 1.165) is 24.4 Å². The standard InChI is InChI=1S/C22H23N5O3/c28-21(12-13-23-19-6-1-2-7-20(19)27(29)30)25-17-10-8-16(9-11-17)22-24-15-18-5-3-4-14-26(18)22/h1-2,6-11,15,23H,3-5,12-14H2,(H,25,28). The number of nitrogens with zero attached hydrogens (tertiary/aromatic N) is 3. The predicted molar refractivity (Wildman–Crippen MR) is 115 cm³/mol. The second-order valence-electron chi connectivity index (χ2n) is 7.26. The number of carbonyl (C=O) groups is 1. The van der Waals surface area contributed by atoms with E-state index in [9.17, 15) is 14.9 Å². The number of benzene rings is 2. The van der Waals surface area contributed by atoms with Gasteiger partial charge in [0.15, 0.2) is 0 Å². The van der Waals surface area contributed by atoms with E-state index in [1.54, 1.807) is 18.2 Å². The van der Waals surface area contributed by atoms with Gasteiger partial charge >= 0.3 is 0 Å². The lowest BCUT2D eigenvalue weighted by molar-refractivity contribution is -0.384. The molecule has 1 aromatic heterocycles. The summed E-state index contributed by atoms with van der Waals surface area (Å²) in [5.74, 6) is 0.809. The molecule has 0 saturated carbocycles. The highest BCUT2D eigenvalue weighted by Crippen LogP contribution is 2.26. The molecule has 0 unspecified atom stereocenters. The van der Waals surface area contributed by atoms with E-state index in [1.165, 1.54) is 24.6 Å². The van der Waals surface area contributed by atoms with E-state index in [1.807, 2.05) is 30.5 Å². The molecule has 3 aromatic rings. The first-order valence-corrected chi connectivity index (χ1v) is 10.0. The van der Waals surface area contributed by atoms with Crippen molar-refractivity contribution in [3.8, 4) is 11.4 Å². The normalized spacial score (nSPS) is 12.8. The summed E-state index contributed by atoms with van der Waals surface area (Å²) >= 11 is 0. The van der Waals surface area contributed by atoms with Crippen LogP contribution in [0.5, 0.6) is 0 Å². The van der Waals surface area contributed by atoms with Gasteiger partial charge in [0.05, 0.1) is 4.92 Å². The molecule has 30 heavy (non-hydrogen) atoms. The fourth-order valence-corrected chi connectivity index (χ4v) is 3.69. The number of imidazole rings is 1. The Bertz CT molecular complexity index is 1060. The summed E-state index contributed by atoms with van der Waals surface area (Å²) in [6.45, 7) is 1.30. The molecule has 2 heterocycles. The van der Waals surface area contributed by atoms with Crippen molar-refractivity contribution < 1.29 is 9.72 Å². The summed E-state index contributed by atoms with van der Waals surface area (Å²) in [4.78, 5) is 27.4. The highest BCUT2D eigenvalue weighted by Gasteiger charge is 2.15. The van der Waals surface area contributed by atoms with Crippen LogP contribution in [-0.2, 0) is 17.8 Å². The first-order valence-electron chi connectivity index (χ1n) is 10.0. The Kier molecular flexibility index (Phi) is 5.74. The number of carbonyl (C=O) groups excluding carboxylic acids is 1. The van der Waals surface area contributed by atoms with Gasteiger partial charge in [-0.05, 0) is 49.6 Å². The van der Waals surface area contributed by atoms with E-state index in [-0.39, 0.29) is 18.0 Å². The maximum atomic E-state index is 12.2. The van der Waals surface area contributed by atoms with Crippen LogP contribution in [0.25, 0.3) is 11.4 Å². The number of nitrogens with one attached hydrogen (secondary N) is 2. The first-order chi connectivity index (χ1) is 14.6. The number of para-hydroxylation sites is 2. The van der Waals surface area contributed by atoms with Crippen molar-refractivity contribution >= 4 is 23.0 Å². The van der Waals surface area contributed by atoms with Crippen LogP contribution in [0, 0.1) is 10.1 Å². The lowest BCUT2D eigenvalue weighted by Gasteiger charge is -2.16. The van der Waals surface area contributed by atoms with Gasteiger partial charge in [0.25, 0.3) is 5.69 Å². The molecule has 0 saturated heterocycles. The summed E-state index contributed by atoms with van der Waals surface area (Å²) in [6.07, 6.45) is 5.60. The van der Waals surface area contributed by atoms with Gasteiger partial charge < -0.3 is 15.2 Å². The Hall–Kier alpha value is -3.68. The quantitative estimate of drug-likeness (QED) is 0.452. The van der Waals surface area contributed by atoms with Crippen molar-refractivity contribution in [2.75, 3.05) is 17.2 Å². The Morgan fingerprint density at radius 1 is 1.13 bits per heavy atom. The number of rotatable bonds is 7. The number of anilines is 2. The van der Waals surface area contributed by atoms with Crippen molar-refractivity contribution in [3.05, 3.63) is 70.5 Å². The van der Waals surface area contributed by atoms with Crippen LogP contribution in [0.1, 0.15) is 25.0 Å². The van der Waals surface area contributed by atoms with E-state index in [0.29, 0.717) is 17.9 Å². The molecule has 2 N–H and O–H groups in total. The maximum Gasteiger partial charge on any atom is 0.292 e. The summed E-state index contributed by atoms with van der Waals surface area (Å²) < 4.78 is 2.27. The zero-order valence-corrected chi connectivity index (χ0v) is 16.5. The lowest BCUT2D eigenvalue weighted by atomic mass is 10.1. The Morgan fingerprint density at radius 3 is 2.73 bits per heavy atom. The molecular weight excluding hydrogens is 382 g/mol. The Labute approximate surface area is 174 Å². The van der Waals surface area contributed by atoms with Gasteiger partial charge in [-0.2, -0.15) is 0 Å². The third kappa shape index (κ3) is 4.32. The average Bonchev–Trinajstić information content (AvgIpc) is 3.19. The summed E-state index contributed by atoms with van der Waals surface area (Å²) in [7, 11) is 0. The highest BCUT2D eigenvalue weighted by molar-refractivity contribution is 5.91. The summed E-state index contributed by atoms with van der Waals surface area (Å²) in [5.41, 5.74) is 3.41. The van der Waals surface area contributed by atoms with E-state index < -0.39 is 4.92 Å². The van der Waals surface area contributed by atoms with Gasteiger partial charge in [-0.1, -0.05) is 12.1 Å². The average molecular weight is 405 g/mol. The van der Waals surface area contributed by atoms with Gasteiger partial charge in [-0.15, -0.1) is 0 Å². The zero-order chi connectivity index (χ0) is 20.9. The number of hydrogen-bond donors (Lipinski definition) is 2. The molecule has 1 aliphatic rings. The van der Waals surface area contributed by atoms with Crippen molar-refractivity contribution in [2.45, 2.75) is 32.2 Å². The van der Waals surface area contributed by atoms with Crippen molar-refractivity contribution in [1.82, 2.24) is 9.55 Å². The van der Waals surface area contributed by atoms with E-state index >= 15 is 0 Å². The van der Waals surface area contributed by atoms with E-state index in [2.05, 4.69) is 20.2 Å². The number of aromatic nitrogens is 2. The lowest BCUT2D eigenvalue weighted by Crippen LogP contribution is -2.16. The number of fused-ring (bicyclic) bond motifs is 1. The summed E-state index contributed by atoms with van der Waals surface area (Å²) in [5, 5.41) is 16.8. The molecule has 0 aliphatic carbocycles. The van der Waals surface area contributed by atoms with Crippen LogP contribution < -0.4 is 10.6 Å². The van der Waals surface area contributed by atoms with Crippen LogP contribution in [0.15, 0.2) is 54.7 Å². The third-order valence-electron chi connectivity index (χ3n) is 5.20. The molecule has 154 valence electrons. The fraction of sp³-hybridized carbons (Fsp3) is 0.273. The predicted octanol–water partition coefficient (Wildman–Crippen LogP) is 4.24. The Balaban J connectivity index is 1.32. The van der Waals surface area contributed by atoms with E-state index in [4.69, 9.17) is 0 Å². The van der Waals surface area contributed by atoms with Gasteiger partial charge in [0.2, 0.25) is 5.91 Å². The van der Waals surface area contributed by atoms with Gasteiger partial charge in [-0.25, -0.2) is 4.98 Å². The van der Waals surface area contributed by atoms with Crippen LogP contribution in [0.4, 0.5) is 17.1 Å². The monoisotopic (exact) mass is 405 g/mol. The Morgan fingerprint density at radius 2 is 1.93 bits per heavy atom. The van der Waals surface area contributed by atoms with Crippen LogP contribution >= 0.6 is 0 Å². The van der Waals surface area contributed by atoms with Crippen molar-refractivity contribution in [3.63, 3.8) is 0 Å².